The summed E-state index contributed by atoms with van der Waals surface area (Å²) in [4.78, 5) is 24.7. The fraction of sp³-hybridized carbons (Fsp3) is 0.333. The Morgan fingerprint density at radius 1 is 1.18 bits per heavy atom. The average Bonchev–Trinajstić information content (AvgIpc) is 2.80. The van der Waals surface area contributed by atoms with Gasteiger partial charge in [-0.2, -0.15) is 18.3 Å². The van der Waals surface area contributed by atoms with Crippen LogP contribution in [0.4, 0.5) is 30.4 Å². The number of nitro benzene ring substituents is 1. The van der Waals surface area contributed by atoms with E-state index in [2.05, 4.69) is 20.4 Å². The highest BCUT2D eigenvalue weighted by atomic mass is 19.4. The molecular formula is C21H20F3N5O4. The van der Waals surface area contributed by atoms with Crippen LogP contribution >= 0.6 is 0 Å². The summed E-state index contributed by atoms with van der Waals surface area (Å²) < 4.78 is 45.2. The molecule has 1 fully saturated rings. The van der Waals surface area contributed by atoms with E-state index in [0.717, 1.165) is 17.8 Å². The standard InChI is InChI=1S/C21H20F3N5O4/c1-12(13-8-14(21(22,23)24)10-16(9-13)29(31)32)25-19-18-11-15(28-4-6-33-7-5-28)2-3-17(18)20(30)27-26-19/h2-3,8-12H,4-7H2,1H3,(H,25,26)(H,27,30). The number of rotatable bonds is 5. The summed E-state index contributed by atoms with van der Waals surface area (Å²) in [6.45, 7) is 4.05. The summed E-state index contributed by atoms with van der Waals surface area (Å²) in [5.41, 5.74) is -1.28. The van der Waals surface area contributed by atoms with Crippen LogP contribution in [0.2, 0.25) is 0 Å². The van der Waals surface area contributed by atoms with Gasteiger partial charge in [-0.1, -0.05) is 0 Å². The van der Waals surface area contributed by atoms with E-state index in [1.165, 1.54) is 0 Å². The number of nitro groups is 1. The molecule has 0 aliphatic carbocycles. The Labute approximate surface area is 185 Å². The van der Waals surface area contributed by atoms with E-state index >= 15 is 0 Å². The highest BCUT2D eigenvalue weighted by molar-refractivity contribution is 5.93. The number of aromatic nitrogens is 2. The number of fused-ring (bicyclic) bond motifs is 1. The molecule has 2 aromatic carbocycles. The molecule has 33 heavy (non-hydrogen) atoms. The van der Waals surface area contributed by atoms with Gasteiger partial charge in [-0.05, 0) is 36.8 Å². The number of hydrogen-bond donors (Lipinski definition) is 2. The van der Waals surface area contributed by atoms with Gasteiger partial charge >= 0.3 is 6.18 Å². The zero-order valence-electron chi connectivity index (χ0n) is 17.5. The third-order valence-corrected chi connectivity index (χ3v) is 5.48. The van der Waals surface area contributed by atoms with Crippen LogP contribution in [-0.4, -0.2) is 41.4 Å². The summed E-state index contributed by atoms with van der Waals surface area (Å²) in [5, 5.41) is 21.4. The normalized spacial score (nSPS) is 15.5. The SMILES string of the molecule is CC(Nc1n[nH]c(=O)c2ccc(N3CCOCC3)cc12)c1cc([N+](=O)[O-])cc(C(F)(F)F)c1. The van der Waals surface area contributed by atoms with Crippen LogP contribution in [0.3, 0.4) is 0 Å². The fourth-order valence-electron chi connectivity index (χ4n) is 3.72. The molecular weight excluding hydrogens is 443 g/mol. The number of non-ortho nitro benzene ring substituents is 1. The molecule has 174 valence electrons. The van der Waals surface area contributed by atoms with Gasteiger partial charge in [0.2, 0.25) is 0 Å². The molecule has 1 saturated heterocycles. The molecule has 1 aliphatic heterocycles. The second-order valence-electron chi connectivity index (χ2n) is 7.66. The van der Waals surface area contributed by atoms with Crippen molar-refractivity contribution in [2.24, 2.45) is 0 Å². The lowest BCUT2D eigenvalue weighted by molar-refractivity contribution is -0.385. The molecule has 2 heterocycles. The van der Waals surface area contributed by atoms with Crippen molar-refractivity contribution in [1.82, 2.24) is 10.2 Å². The van der Waals surface area contributed by atoms with Crippen molar-refractivity contribution in [3.05, 3.63) is 68.0 Å². The molecule has 4 rings (SSSR count). The molecule has 12 heteroatoms. The maximum Gasteiger partial charge on any atom is 0.416 e. The van der Waals surface area contributed by atoms with Gasteiger partial charge in [0.15, 0.2) is 5.82 Å². The van der Waals surface area contributed by atoms with E-state index in [0.29, 0.717) is 43.1 Å². The summed E-state index contributed by atoms with van der Waals surface area (Å²) >= 11 is 0. The number of aromatic amines is 1. The number of alkyl halides is 3. The number of hydrogen-bond acceptors (Lipinski definition) is 7. The molecule has 3 aromatic rings. The zero-order chi connectivity index (χ0) is 23.8. The number of anilines is 2. The first-order valence-electron chi connectivity index (χ1n) is 10.1. The molecule has 0 saturated carbocycles. The van der Waals surface area contributed by atoms with Crippen molar-refractivity contribution < 1.29 is 22.8 Å². The molecule has 0 amide bonds. The van der Waals surface area contributed by atoms with E-state index in [4.69, 9.17) is 4.74 Å². The first-order chi connectivity index (χ1) is 15.6. The van der Waals surface area contributed by atoms with E-state index in [1.807, 2.05) is 6.07 Å². The average molecular weight is 463 g/mol. The molecule has 1 unspecified atom stereocenters. The molecule has 1 atom stereocenters. The lowest BCUT2D eigenvalue weighted by Crippen LogP contribution is -2.36. The quantitative estimate of drug-likeness (QED) is 0.436. The van der Waals surface area contributed by atoms with Crippen LogP contribution in [0.25, 0.3) is 10.8 Å². The van der Waals surface area contributed by atoms with Gasteiger partial charge in [0.25, 0.3) is 11.2 Å². The number of morpholine rings is 1. The maximum absolute atomic E-state index is 13.3. The minimum absolute atomic E-state index is 0.0574. The molecule has 1 aromatic heterocycles. The first-order valence-corrected chi connectivity index (χ1v) is 10.1. The molecule has 0 radical (unpaired) electrons. The number of halogens is 3. The number of H-pyrrole nitrogens is 1. The lowest BCUT2D eigenvalue weighted by Gasteiger charge is -2.29. The van der Waals surface area contributed by atoms with Crippen LogP contribution in [-0.2, 0) is 10.9 Å². The summed E-state index contributed by atoms with van der Waals surface area (Å²) in [6.07, 6.45) is -4.74. The Balaban J connectivity index is 1.72. The summed E-state index contributed by atoms with van der Waals surface area (Å²) in [5.74, 6) is 0.243. The Morgan fingerprint density at radius 2 is 1.91 bits per heavy atom. The van der Waals surface area contributed by atoms with Gasteiger partial charge in [-0.15, -0.1) is 0 Å². The second-order valence-corrected chi connectivity index (χ2v) is 7.66. The Hall–Kier alpha value is -3.67. The monoisotopic (exact) mass is 463 g/mol. The van der Waals surface area contributed by atoms with E-state index in [9.17, 15) is 28.1 Å². The largest absolute Gasteiger partial charge is 0.416 e. The van der Waals surface area contributed by atoms with Crippen molar-refractivity contribution in [3.63, 3.8) is 0 Å². The predicted octanol–water partition coefficient (Wildman–Crippen LogP) is 3.86. The van der Waals surface area contributed by atoms with Crippen LogP contribution in [0, 0.1) is 10.1 Å². The molecule has 2 N–H and O–H groups in total. The third-order valence-electron chi connectivity index (χ3n) is 5.48. The minimum Gasteiger partial charge on any atom is -0.378 e. The zero-order valence-corrected chi connectivity index (χ0v) is 17.5. The van der Waals surface area contributed by atoms with Gasteiger partial charge in [0, 0.05) is 36.3 Å². The smallest absolute Gasteiger partial charge is 0.378 e. The summed E-state index contributed by atoms with van der Waals surface area (Å²) in [7, 11) is 0. The van der Waals surface area contributed by atoms with Crippen LogP contribution in [0.15, 0.2) is 41.2 Å². The number of nitrogens with zero attached hydrogens (tertiary/aromatic N) is 3. The Bertz CT molecular complexity index is 1250. The molecule has 9 nitrogen and oxygen atoms in total. The van der Waals surface area contributed by atoms with E-state index in [1.54, 1.807) is 19.1 Å². The maximum atomic E-state index is 13.3. The number of ether oxygens (including phenoxy) is 1. The van der Waals surface area contributed by atoms with Crippen LogP contribution < -0.4 is 15.8 Å². The first kappa shape index (κ1) is 22.5. The minimum atomic E-state index is -4.74. The van der Waals surface area contributed by atoms with Crippen LogP contribution in [0.5, 0.6) is 0 Å². The van der Waals surface area contributed by atoms with Crippen molar-refractivity contribution in [3.8, 4) is 0 Å². The third kappa shape index (κ3) is 4.75. The van der Waals surface area contributed by atoms with Crippen molar-refractivity contribution >= 4 is 28.0 Å². The second kappa shape index (κ2) is 8.70. The van der Waals surface area contributed by atoms with Gasteiger partial charge in [-0.25, -0.2) is 5.10 Å². The van der Waals surface area contributed by atoms with Crippen molar-refractivity contribution in [2.45, 2.75) is 19.1 Å². The van der Waals surface area contributed by atoms with Gasteiger partial charge in [-0.3, -0.25) is 14.9 Å². The highest BCUT2D eigenvalue weighted by Gasteiger charge is 2.33. The highest BCUT2D eigenvalue weighted by Crippen LogP contribution is 2.35. The van der Waals surface area contributed by atoms with Crippen molar-refractivity contribution in [1.29, 1.82) is 0 Å². The fourth-order valence-corrected chi connectivity index (χ4v) is 3.72. The van der Waals surface area contributed by atoms with Crippen LogP contribution in [0.1, 0.15) is 24.1 Å². The Kier molecular flexibility index (Phi) is 5.93. The van der Waals surface area contributed by atoms with E-state index < -0.39 is 34.0 Å². The van der Waals surface area contributed by atoms with Gasteiger partial charge in [0.05, 0.1) is 35.1 Å². The number of nitrogens with one attached hydrogen (secondary N) is 2. The van der Waals surface area contributed by atoms with E-state index in [-0.39, 0.29) is 11.4 Å². The Morgan fingerprint density at radius 3 is 2.58 bits per heavy atom. The van der Waals surface area contributed by atoms with Gasteiger partial charge < -0.3 is 15.0 Å². The number of benzene rings is 2. The molecule has 1 aliphatic rings. The topological polar surface area (TPSA) is 113 Å². The summed E-state index contributed by atoms with van der Waals surface area (Å²) in [6, 6.07) is 6.92. The predicted molar refractivity (Wildman–Crippen MR) is 116 cm³/mol. The lowest BCUT2D eigenvalue weighted by atomic mass is 10.0. The van der Waals surface area contributed by atoms with Gasteiger partial charge in [0.1, 0.15) is 0 Å². The molecule has 0 bridgehead atoms. The van der Waals surface area contributed by atoms with Crippen molar-refractivity contribution in [2.75, 3.05) is 36.5 Å². The molecule has 0 spiro atoms.